The van der Waals surface area contributed by atoms with Gasteiger partial charge in [0.15, 0.2) is 0 Å². The number of allylic oxidation sites excluding steroid dienone is 1. The molecular weight excluding hydrogens is 252 g/mol. The van der Waals surface area contributed by atoms with Crippen molar-refractivity contribution in [2.24, 2.45) is 0 Å². The molecule has 0 aromatic heterocycles. The first-order valence-electron chi connectivity index (χ1n) is 7.93. The fraction of sp³-hybridized carbons (Fsp3) is 0.750. The molecule has 112 valence electrons. The molecule has 2 aliphatic rings. The Morgan fingerprint density at radius 2 is 1.60 bits per heavy atom. The maximum atomic E-state index is 12.0. The van der Waals surface area contributed by atoms with Crippen LogP contribution in [0.5, 0.6) is 0 Å². The molecule has 0 aliphatic carbocycles. The van der Waals surface area contributed by atoms with Gasteiger partial charge in [0.05, 0.1) is 0 Å². The summed E-state index contributed by atoms with van der Waals surface area (Å²) < 4.78 is 0. The second-order valence-electron chi connectivity index (χ2n) is 5.85. The minimum atomic E-state index is 0.235. The Morgan fingerprint density at radius 3 is 2.35 bits per heavy atom. The summed E-state index contributed by atoms with van der Waals surface area (Å²) in [4.78, 5) is 27.8. The number of rotatable bonds is 3. The zero-order chi connectivity index (χ0) is 14.4. The van der Waals surface area contributed by atoms with Crippen LogP contribution in [0.15, 0.2) is 11.8 Å². The lowest BCUT2D eigenvalue weighted by molar-refractivity contribution is -0.130. The monoisotopic (exact) mass is 278 g/mol. The third-order valence-electron chi connectivity index (χ3n) is 4.28. The van der Waals surface area contributed by atoms with E-state index >= 15 is 0 Å². The number of likely N-dealkylation sites (tertiary alicyclic amines) is 2. The third kappa shape index (κ3) is 4.09. The number of amides is 2. The smallest absolute Gasteiger partial charge is 0.226 e. The normalized spacial score (nSPS) is 22.8. The van der Waals surface area contributed by atoms with Gasteiger partial charge in [0.1, 0.15) is 0 Å². The summed E-state index contributed by atoms with van der Waals surface area (Å²) in [6, 6.07) is 0. The van der Waals surface area contributed by atoms with Crippen LogP contribution < -0.4 is 0 Å². The van der Waals surface area contributed by atoms with E-state index in [1.54, 1.807) is 0 Å². The molecule has 2 amide bonds. The minimum absolute atomic E-state index is 0.235. The molecule has 0 radical (unpaired) electrons. The van der Waals surface area contributed by atoms with Crippen molar-refractivity contribution in [3.05, 3.63) is 11.8 Å². The van der Waals surface area contributed by atoms with Gasteiger partial charge in [-0.25, -0.2) is 0 Å². The Bertz CT molecular complexity index is 390. The lowest BCUT2D eigenvalue weighted by atomic mass is 10.2. The molecule has 0 bridgehead atoms. The lowest BCUT2D eigenvalue weighted by Gasteiger charge is -2.23. The van der Waals surface area contributed by atoms with Crippen molar-refractivity contribution in [1.29, 1.82) is 0 Å². The summed E-state index contributed by atoms with van der Waals surface area (Å²) in [5, 5.41) is 0. The summed E-state index contributed by atoms with van der Waals surface area (Å²) in [7, 11) is 0. The lowest BCUT2D eigenvalue weighted by Crippen LogP contribution is -2.32. The van der Waals surface area contributed by atoms with Crippen molar-refractivity contribution in [1.82, 2.24) is 9.80 Å². The van der Waals surface area contributed by atoms with E-state index in [4.69, 9.17) is 0 Å². The van der Waals surface area contributed by atoms with Crippen LogP contribution in [0.3, 0.4) is 0 Å². The molecule has 4 nitrogen and oxygen atoms in total. The molecule has 0 aromatic rings. The summed E-state index contributed by atoms with van der Waals surface area (Å²) in [5.41, 5.74) is 1.01. The number of hydrogen-bond acceptors (Lipinski definition) is 2. The molecule has 2 fully saturated rings. The van der Waals surface area contributed by atoms with Crippen molar-refractivity contribution in [3.8, 4) is 0 Å². The minimum Gasteiger partial charge on any atom is -0.339 e. The van der Waals surface area contributed by atoms with E-state index in [-0.39, 0.29) is 11.8 Å². The van der Waals surface area contributed by atoms with E-state index in [1.807, 2.05) is 22.8 Å². The summed E-state index contributed by atoms with van der Waals surface area (Å²) in [6.07, 6.45) is 9.88. The quantitative estimate of drug-likeness (QED) is 0.796. The van der Waals surface area contributed by atoms with E-state index in [0.29, 0.717) is 19.4 Å². The highest BCUT2D eigenvalue weighted by atomic mass is 16.2. The van der Waals surface area contributed by atoms with Gasteiger partial charge in [0.2, 0.25) is 11.8 Å². The van der Waals surface area contributed by atoms with Gasteiger partial charge in [-0.05, 0) is 38.7 Å². The van der Waals surface area contributed by atoms with Crippen LogP contribution in [0.1, 0.15) is 58.3 Å². The second kappa shape index (κ2) is 7.46. The molecule has 2 saturated heterocycles. The molecule has 0 spiro atoms. The van der Waals surface area contributed by atoms with Crippen molar-refractivity contribution in [2.75, 3.05) is 19.6 Å². The topological polar surface area (TPSA) is 40.6 Å². The van der Waals surface area contributed by atoms with E-state index in [9.17, 15) is 9.59 Å². The number of nitrogens with zero attached hydrogens (tertiary/aromatic N) is 2. The van der Waals surface area contributed by atoms with Crippen LogP contribution in [0.25, 0.3) is 0 Å². The summed E-state index contributed by atoms with van der Waals surface area (Å²) >= 11 is 0. The highest BCUT2D eigenvalue weighted by Gasteiger charge is 2.19. The van der Waals surface area contributed by atoms with Crippen molar-refractivity contribution in [3.63, 3.8) is 0 Å². The zero-order valence-corrected chi connectivity index (χ0v) is 12.6. The Morgan fingerprint density at radius 1 is 0.950 bits per heavy atom. The molecule has 2 aliphatic heterocycles. The third-order valence-corrected chi connectivity index (χ3v) is 4.28. The van der Waals surface area contributed by atoms with Crippen LogP contribution >= 0.6 is 0 Å². The van der Waals surface area contributed by atoms with Crippen LogP contribution in [-0.2, 0) is 9.59 Å². The molecule has 20 heavy (non-hydrogen) atoms. The zero-order valence-electron chi connectivity index (χ0n) is 12.6. The van der Waals surface area contributed by atoms with E-state index in [2.05, 4.69) is 0 Å². The molecule has 0 N–H and O–H groups in total. The highest BCUT2D eigenvalue weighted by Crippen LogP contribution is 2.16. The van der Waals surface area contributed by atoms with Gasteiger partial charge in [-0.15, -0.1) is 0 Å². The molecule has 2 rings (SSSR count). The second-order valence-corrected chi connectivity index (χ2v) is 5.85. The highest BCUT2D eigenvalue weighted by molar-refractivity contribution is 5.78. The molecule has 0 atom stereocenters. The molecular formula is C16H26N2O2. The van der Waals surface area contributed by atoms with Gasteiger partial charge in [-0.1, -0.05) is 12.8 Å². The van der Waals surface area contributed by atoms with E-state index in [1.165, 1.54) is 0 Å². The van der Waals surface area contributed by atoms with Crippen molar-refractivity contribution >= 4 is 11.8 Å². The Hall–Kier alpha value is -1.32. The largest absolute Gasteiger partial charge is 0.339 e. The Balaban J connectivity index is 1.94. The first kappa shape index (κ1) is 15.1. The van der Waals surface area contributed by atoms with Crippen LogP contribution in [0.2, 0.25) is 0 Å². The van der Waals surface area contributed by atoms with Gasteiger partial charge < -0.3 is 9.80 Å². The fourth-order valence-corrected chi connectivity index (χ4v) is 2.94. The summed E-state index contributed by atoms with van der Waals surface area (Å²) in [6.45, 7) is 4.33. The van der Waals surface area contributed by atoms with Gasteiger partial charge in [0, 0.05) is 38.2 Å². The molecule has 0 unspecified atom stereocenters. The van der Waals surface area contributed by atoms with Crippen molar-refractivity contribution < 1.29 is 9.59 Å². The maximum absolute atomic E-state index is 12.0. The Labute approximate surface area is 121 Å². The predicted molar refractivity (Wildman–Crippen MR) is 79.0 cm³/mol. The van der Waals surface area contributed by atoms with Crippen LogP contribution in [0, 0.1) is 0 Å². The SMILES string of the molecule is CC(=CCN1CCCCCC1=O)N1CCCCCC1=O. The van der Waals surface area contributed by atoms with Gasteiger partial charge in [-0.3, -0.25) is 9.59 Å². The first-order chi connectivity index (χ1) is 9.68. The Kier molecular flexibility index (Phi) is 5.62. The first-order valence-corrected chi connectivity index (χ1v) is 7.93. The van der Waals surface area contributed by atoms with Gasteiger partial charge in [0.25, 0.3) is 0 Å². The van der Waals surface area contributed by atoms with Gasteiger partial charge in [-0.2, -0.15) is 0 Å². The fourth-order valence-electron chi connectivity index (χ4n) is 2.94. The molecule has 2 heterocycles. The molecule has 0 aromatic carbocycles. The van der Waals surface area contributed by atoms with E-state index in [0.717, 1.165) is 57.3 Å². The molecule has 4 heteroatoms. The summed E-state index contributed by atoms with van der Waals surface area (Å²) in [5.74, 6) is 0.493. The number of carbonyl (C=O) groups excluding carboxylic acids is 2. The van der Waals surface area contributed by atoms with Crippen molar-refractivity contribution in [2.45, 2.75) is 58.3 Å². The maximum Gasteiger partial charge on any atom is 0.226 e. The standard InChI is InChI=1S/C16H26N2O2/c1-14(18-12-7-3-5-9-16(18)20)10-13-17-11-6-2-4-8-15(17)19/h10H,2-9,11-13H2,1H3. The number of carbonyl (C=O) groups is 2. The average molecular weight is 278 g/mol. The van der Waals surface area contributed by atoms with Gasteiger partial charge >= 0.3 is 0 Å². The molecule has 0 saturated carbocycles. The number of hydrogen-bond donors (Lipinski definition) is 0. The average Bonchev–Trinajstić information content (AvgIpc) is 2.77. The predicted octanol–water partition coefficient (Wildman–Crippen LogP) is 2.70. The van der Waals surface area contributed by atoms with Crippen LogP contribution in [-0.4, -0.2) is 41.2 Å². The van der Waals surface area contributed by atoms with E-state index < -0.39 is 0 Å². The van der Waals surface area contributed by atoms with Crippen LogP contribution in [0.4, 0.5) is 0 Å².